The van der Waals surface area contributed by atoms with Crippen LogP contribution in [0.1, 0.15) is 36.8 Å². The van der Waals surface area contributed by atoms with Crippen LogP contribution < -0.4 is 10.2 Å². The van der Waals surface area contributed by atoms with Crippen LogP contribution in [0.25, 0.3) is 21.7 Å². The standard InChI is InChI=1S/C26H26N2O4/c1-16-12-20(22-6-4-5-7-23(22)27-16)15-32-21-11-10-17-13-19(9-8-18(17)14-21)24(29)26(2,3)25(30)28-31/h4-14,24,29,31H,15H2,1-3H3,(H,28,30). The van der Waals surface area contributed by atoms with Crippen molar-refractivity contribution in [1.82, 2.24) is 10.5 Å². The number of hydroxylamine groups is 1. The number of rotatable bonds is 6. The van der Waals surface area contributed by atoms with Crippen molar-refractivity contribution in [3.05, 3.63) is 83.6 Å². The molecule has 164 valence electrons. The average molecular weight is 431 g/mol. The third kappa shape index (κ3) is 4.15. The van der Waals surface area contributed by atoms with Gasteiger partial charge >= 0.3 is 0 Å². The molecule has 0 radical (unpaired) electrons. The molecule has 0 aliphatic carbocycles. The van der Waals surface area contributed by atoms with E-state index in [1.54, 1.807) is 25.4 Å². The number of fused-ring (bicyclic) bond motifs is 2. The van der Waals surface area contributed by atoms with Crippen LogP contribution in [0.15, 0.2) is 66.7 Å². The summed E-state index contributed by atoms with van der Waals surface area (Å²) in [6.07, 6.45) is -1.07. The first-order chi connectivity index (χ1) is 15.3. The number of aliphatic hydroxyl groups excluding tert-OH is 1. The van der Waals surface area contributed by atoms with Gasteiger partial charge in [0.15, 0.2) is 0 Å². The fourth-order valence-electron chi connectivity index (χ4n) is 3.86. The number of carbonyl (C=O) groups excluding carboxylic acids is 1. The molecule has 4 rings (SSSR count). The molecular formula is C26H26N2O4. The number of ether oxygens (including phenoxy) is 1. The summed E-state index contributed by atoms with van der Waals surface area (Å²) in [7, 11) is 0. The quantitative estimate of drug-likeness (QED) is 0.301. The maximum Gasteiger partial charge on any atom is 0.251 e. The van der Waals surface area contributed by atoms with Crippen LogP contribution in [0.3, 0.4) is 0 Å². The van der Waals surface area contributed by atoms with E-state index < -0.39 is 17.4 Å². The molecule has 1 amide bonds. The Bertz CT molecular complexity index is 1300. The van der Waals surface area contributed by atoms with Gasteiger partial charge in [-0.2, -0.15) is 0 Å². The molecule has 4 aromatic rings. The highest BCUT2D eigenvalue weighted by molar-refractivity contribution is 5.86. The number of carbonyl (C=O) groups is 1. The third-order valence-electron chi connectivity index (χ3n) is 5.85. The number of hydrogen-bond acceptors (Lipinski definition) is 5. The monoisotopic (exact) mass is 430 g/mol. The highest BCUT2D eigenvalue weighted by Gasteiger charge is 2.36. The number of aromatic nitrogens is 1. The van der Waals surface area contributed by atoms with Gasteiger partial charge < -0.3 is 9.84 Å². The van der Waals surface area contributed by atoms with Gasteiger partial charge in [-0.15, -0.1) is 0 Å². The first-order valence-corrected chi connectivity index (χ1v) is 10.4. The van der Waals surface area contributed by atoms with E-state index in [0.29, 0.717) is 12.2 Å². The Kier molecular flexibility index (Phi) is 5.82. The van der Waals surface area contributed by atoms with Crippen LogP contribution in [-0.2, 0) is 11.4 Å². The van der Waals surface area contributed by atoms with Crippen molar-refractivity contribution in [2.24, 2.45) is 5.41 Å². The van der Waals surface area contributed by atoms with E-state index in [1.807, 2.05) is 67.6 Å². The van der Waals surface area contributed by atoms with Crippen LogP contribution in [0.4, 0.5) is 0 Å². The topological polar surface area (TPSA) is 91.7 Å². The largest absolute Gasteiger partial charge is 0.489 e. The van der Waals surface area contributed by atoms with Gasteiger partial charge in [-0.05, 0) is 67.4 Å². The van der Waals surface area contributed by atoms with E-state index >= 15 is 0 Å². The van der Waals surface area contributed by atoms with E-state index in [1.165, 1.54) is 0 Å². The first kappa shape index (κ1) is 21.7. The molecule has 0 spiro atoms. The molecule has 3 N–H and O–H groups in total. The minimum absolute atomic E-state index is 0.427. The van der Waals surface area contributed by atoms with Crippen molar-refractivity contribution in [3.8, 4) is 5.75 Å². The Morgan fingerprint density at radius 2 is 1.78 bits per heavy atom. The predicted octanol–water partition coefficient (Wildman–Crippen LogP) is 4.84. The normalized spacial score (nSPS) is 12.7. The summed E-state index contributed by atoms with van der Waals surface area (Å²) in [6, 6.07) is 21.3. The zero-order valence-corrected chi connectivity index (χ0v) is 18.3. The van der Waals surface area contributed by atoms with Crippen molar-refractivity contribution in [1.29, 1.82) is 0 Å². The fraction of sp³-hybridized carbons (Fsp3) is 0.231. The second-order valence-electron chi connectivity index (χ2n) is 8.56. The molecule has 0 fully saturated rings. The van der Waals surface area contributed by atoms with Crippen molar-refractivity contribution in [3.63, 3.8) is 0 Å². The molecule has 3 aromatic carbocycles. The molecular weight excluding hydrogens is 404 g/mol. The zero-order valence-electron chi connectivity index (χ0n) is 18.3. The van der Waals surface area contributed by atoms with Gasteiger partial charge in [-0.1, -0.05) is 36.4 Å². The minimum atomic E-state index is -1.18. The highest BCUT2D eigenvalue weighted by Crippen LogP contribution is 2.35. The van der Waals surface area contributed by atoms with E-state index in [9.17, 15) is 9.90 Å². The second kappa shape index (κ2) is 8.57. The number of pyridine rings is 1. The molecule has 0 bridgehead atoms. The van der Waals surface area contributed by atoms with Gasteiger partial charge in [-0.25, -0.2) is 5.48 Å². The molecule has 32 heavy (non-hydrogen) atoms. The van der Waals surface area contributed by atoms with Gasteiger partial charge in [0.25, 0.3) is 5.91 Å². The van der Waals surface area contributed by atoms with Crippen LogP contribution >= 0.6 is 0 Å². The van der Waals surface area contributed by atoms with E-state index in [-0.39, 0.29) is 0 Å². The average Bonchev–Trinajstić information content (AvgIpc) is 2.80. The van der Waals surface area contributed by atoms with Gasteiger partial charge in [-0.3, -0.25) is 15.0 Å². The number of hydrogen-bond donors (Lipinski definition) is 3. The summed E-state index contributed by atoms with van der Waals surface area (Å²) in [5, 5.41) is 22.6. The van der Waals surface area contributed by atoms with Gasteiger partial charge in [0.2, 0.25) is 0 Å². The minimum Gasteiger partial charge on any atom is -0.489 e. The molecule has 1 atom stereocenters. The maximum atomic E-state index is 11.9. The molecule has 6 heteroatoms. The lowest BCUT2D eigenvalue weighted by molar-refractivity contribution is -0.144. The summed E-state index contributed by atoms with van der Waals surface area (Å²) in [5.41, 5.74) is 4.02. The molecule has 0 saturated carbocycles. The van der Waals surface area contributed by atoms with Crippen LogP contribution in [-0.4, -0.2) is 21.2 Å². The summed E-state index contributed by atoms with van der Waals surface area (Å²) >= 11 is 0. The van der Waals surface area contributed by atoms with Crippen LogP contribution in [0.2, 0.25) is 0 Å². The summed E-state index contributed by atoms with van der Waals surface area (Å²) in [6.45, 7) is 5.56. The van der Waals surface area contributed by atoms with Crippen molar-refractivity contribution in [2.75, 3.05) is 0 Å². The molecule has 0 aliphatic rings. The van der Waals surface area contributed by atoms with E-state index in [2.05, 4.69) is 4.98 Å². The Morgan fingerprint density at radius 1 is 1.06 bits per heavy atom. The number of aryl methyl sites for hydroxylation is 1. The van der Waals surface area contributed by atoms with Gasteiger partial charge in [0, 0.05) is 16.6 Å². The smallest absolute Gasteiger partial charge is 0.251 e. The SMILES string of the molecule is Cc1cc(COc2ccc3cc(C(O)C(C)(C)C(=O)NO)ccc3c2)c2ccccc2n1. The number of aliphatic hydroxyl groups is 1. The molecule has 1 unspecified atom stereocenters. The molecule has 1 heterocycles. The zero-order chi connectivity index (χ0) is 22.9. The fourth-order valence-corrected chi connectivity index (χ4v) is 3.86. The summed E-state index contributed by atoms with van der Waals surface area (Å²) < 4.78 is 6.08. The van der Waals surface area contributed by atoms with Crippen molar-refractivity contribution in [2.45, 2.75) is 33.5 Å². The predicted molar refractivity (Wildman–Crippen MR) is 123 cm³/mol. The Labute approximate surface area is 186 Å². The highest BCUT2D eigenvalue weighted by atomic mass is 16.5. The van der Waals surface area contributed by atoms with Crippen LogP contribution in [0, 0.1) is 12.3 Å². The summed E-state index contributed by atoms with van der Waals surface area (Å²) in [5.74, 6) is 0.0945. The van der Waals surface area contributed by atoms with Gasteiger partial charge in [0.1, 0.15) is 12.4 Å². The van der Waals surface area contributed by atoms with E-state index in [0.717, 1.165) is 38.7 Å². The number of nitrogens with one attached hydrogen (secondary N) is 1. The van der Waals surface area contributed by atoms with E-state index in [4.69, 9.17) is 9.94 Å². The number of para-hydroxylation sites is 1. The number of amides is 1. The lowest BCUT2D eigenvalue weighted by atomic mass is 9.81. The van der Waals surface area contributed by atoms with Crippen molar-refractivity contribution >= 4 is 27.6 Å². The third-order valence-corrected chi connectivity index (χ3v) is 5.85. The number of benzene rings is 3. The number of nitrogens with zero attached hydrogens (tertiary/aromatic N) is 1. The first-order valence-electron chi connectivity index (χ1n) is 10.4. The maximum absolute atomic E-state index is 11.9. The molecule has 0 aliphatic heterocycles. The lowest BCUT2D eigenvalue weighted by Crippen LogP contribution is -2.39. The molecule has 0 saturated heterocycles. The molecule has 6 nitrogen and oxygen atoms in total. The lowest BCUT2D eigenvalue weighted by Gasteiger charge is -2.28. The summed E-state index contributed by atoms with van der Waals surface area (Å²) in [4.78, 5) is 16.5. The Hall–Kier alpha value is -3.48. The second-order valence-corrected chi connectivity index (χ2v) is 8.56. The molecule has 1 aromatic heterocycles. The van der Waals surface area contributed by atoms with Crippen molar-refractivity contribution < 1.29 is 19.8 Å². The van der Waals surface area contributed by atoms with Crippen LogP contribution in [0.5, 0.6) is 5.75 Å². The van der Waals surface area contributed by atoms with Gasteiger partial charge in [0.05, 0.1) is 17.0 Å². The Morgan fingerprint density at radius 3 is 2.56 bits per heavy atom. The Balaban J connectivity index is 1.56.